The summed E-state index contributed by atoms with van der Waals surface area (Å²) < 4.78 is 57.3. The summed E-state index contributed by atoms with van der Waals surface area (Å²) in [6.07, 6.45) is 6.76. The molecule has 3 fully saturated rings. The van der Waals surface area contributed by atoms with E-state index in [1.807, 2.05) is 90.9 Å². The Morgan fingerprint density at radius 3 is 1.00 bits per heavy atom. The van der Waals surface area contributed by atoms with E-state index in [1.54, 1.807) is 56.6 Å². The summed E-state index contributed by atoms with van der Waals surface area (Å²) in [6.45, 7) is 39.9. The molecule has 0 spiro atoms. The number of fused-ring (bicyclic) bond motifs is 3. The molecule has 112 heavy (non-hydrogen) atoms. The van der Waals surface area contributed by atoms with Gasteiger partial charge in [0, 0.05) is 89.7 Å². The normalized spacial score (nSPS) is 16.1. The number of hydrogen-bond acceptors (Lipinski definition) is 15. The molecule has 5 aromatic carbocycles. The van der Waals surface area contributed by atoms with E-state index in [-0.39, 0.29) is 105 Å². The van der Waals surface area contributed by atoms with Crippen molar-refractivity contribution in [3.63, 3.8) is 0 Å². The molecule has 0 unspecified atom stereocenters. The zero-order chi connectivity index (χ0) is 79.7. The van der Waals surface area contributed by atoms with Gasteiger partial charge in [-0.05, 0) is 312 Å². The number of likely N-dealkylation sites (tertiary alicyclic amines) is 3. The molecule has 24 heteroatoms. The smallest absolute Gasteiger partial charge is 0.870 e. The maximum Gasteiger partial charge on any atom is 1.00 e. The van der Waals surface area contributed by atoms with Crippen molar-refractivity contribution in [3.8, 4) is 0 Å². The molecule has 0 aliphatic carbocycles. The predicted molar refractivity (Wildman–Crippen MR) is 421 cm³/mol. The number of halogens is 2. The zero-order valence-corrected chi connectivity index (χ0v) is 68.9. The van der Waals surface area contributed by atoms with Crippen molar-refractivity contribution in [2.45, 2.75) is 277 Å². The number of hydrogen-bond donors (Lipinski definition) is 2. The number of carboxylic acid groups (broad SMARTS) is 1. The van der Waals surface area contributed by atoms with E-state index in [0.717, 1.165) is 163 Å². The number of carbonyl (C=O) groups is 8. The summed E-state index contributed by atoms with van der Waals surface area (Å²) in [5.41, 5.74) is 14.4. The van der Waals surface area contributed by atoms with Crippen LogP contribution in [0.4, 0.5) is 8.78 Å². The molecular weight excluding hydrogens is 1430 g/mol. The van der Waals surface area contributed by atoms with E-state index in [4.69, 9.17) is 23.7 Å². The van der Waals surface area contributed by atoms with Gasteiger partial charge in [0.15, 0.2) is 18.3 Å². The van der Waals surface area contributed by atoms with E-state index >= 15 is 0 Å². The summed E-state index contributed by atoms with van der Waals surface area (Å²) in [5.74, 6) is -3.41. The molecule has 5 amide bonds. The third-order valence-electron chi connectivity index (χ3n) is 21.6. The molecule has 11 rings (SSSR count). The van der Waals surface area contributed by atoms with Gasteiger partial charge in [-0.15, -0.1) is 0 Å². The van der Waals surface area contributed by atoms with Gasteiger partial charge in [-0.1, -0.05) is 19.6 Å². The summed E-state index contributed by atoms with van der Waals surface area (Å²) >= 11 is 0. The first kappa shape index (κ1) is 93.0. The minimum atomic E-state index is -1.27. The number of piperidine rings is 3. The van der Waals surface area contributed by atoms with Crippen LogP contribution in [0.5, 0.6) is 0 Å². The van der Waals surface area contributed by atoms with Gasteiger partial charge in [0.2, 0.25) is 17.7 Å². The number of carboxylic acids is 1. The van der Waals surface area contributed by atoms with Crippen molar-refractivity contribution in [1.82, 2.24) is 29.8 Å². The Balaban J connectivity index is 0.000000261. The Labute approximate surface area is 674 Å². The van der Waals surface area contributed by atoms with E-state index in [2.05, 4.69) is 12.2 Å². The number of nitrogens with zero attached hydrogens (tertiary/aromatic N) is 5. The number of ether oxygens (including phenoxy) is 5. The number of nitrogens with one attached hydrogen (secondary N) is 1. The number of carbonyl (C=O) groups excluding carboxylic acids is 7. The fraction of sp³-hybridized carbons (Fsp3) is 0.568. The van der Waals surface area contributed by atoms with Crippen LogP contribution in [0, 0.1) is 53.2 Å². The molecule has 3 N–H and O–H groups in total. The molecule has 3 atom stereocenters. The third-order valence-corrected chi connectivity index (χ3v) is 21.6. The van der Waals surface area contributed by atoms with Gasteiger partial charge in [-0.2, -0.15) is 0 Å². The minimum Gasteiger partial charge on any atom is -0.870 e. The maximum absolute atomic E-state index is 13.9. The Bertz CT molecular complexity index is 4240. The van der Waals surface area contributed by atoms with Crippen LogP contribution in [0.3, 0.4) is 0 Å². The summed E-state index contributed by atoms with van der Waals surface area (Å²) in [6, 6.07) is 11.3. The fourth-order valence-electron chi connectivity index (χ4n) is 16.2. The van der Waals surface area contributed by atoms with Crippen molar-refractivity contribution in [1.29, 1.82) is 0 Å². The molecule has 3 saturated heterocycles. The topological polar surface area (TPSA) is 261 Å². The number of esters is 2. The van der Waals surface area contributed by atoms with Crippen molar-refractivity contribution in [3.05, 3.63) is 171 Å². The van der Waals surface area contributed by atoms with Gasteiger partial charge >= 0.3 is 36.8 Å². The van der Waals surface area contributed by atoms with Gasteiger partial charge in [0.05, 0.1) is 49.3 Å². The van der Waals surface area contributed by atoms with Gasteiger partial charge < -0.3 is 64.1 Å². The molecule has 608 valence electrons. The Hall–Kier alpha value is -7.88. The first-order chi connectivity index (χ1) is 51.4. The Morgan fingerprint density at radius 1 is 0.429 bits per heavy atom. The number of rotatable bonds is 19. The summed E-state index contributed by atoms with van der Waals surface area (Å²) in [7, 11) is 0. The van der Waals surface area contributed by atoms with E-state index in [0.29, 0.717) is 55.8 Å². The molecule has 0 bridgehead atoms. The first-order valence-electron chi connectivity index (χ1n) is 39.1. The van der Waals surface area contributed by atoms with E-state index < -0.39 is 64.7 Å². The SMILES string of the molecule is C.CCOC(=O)[C@@H](OC(C)(C)C)c1c(C)c2c(c(C)c1CC(=O)N1CCCCC1)CN(C(=O)c1cccc(F)c1)C2.CCOC(=O)[C@@H](OC(C)(C)C)c1c(C)c2c(c(C)c1CC(=O)N1CCCCC1)CNC2.Cc1c2c(c(C)c([C@H](OC(C)(C)C)C(=O)O)c1CC(=O)N1CCCCC1)CN(C(=O)c1cccc(F)c1)C2.[Li+].[OH-]. The van der Waals surface area contributed by atoms with Crippen LogP contribution in [0.15, 0.2) is 48.5 Å². The average molecular weight is 1550 g/mol. The standard InChI is InChI=1S/C32H41FN2O5.C30H37FN2O5.C25H38N2O4.CH4.Li.H2O/c1-7-39-31(38)29(40-32(4,5)6)28-21(3)26-19-35(30(37)22-12-11-13-23(33)16-22)18-25(26)20(2)24(28)17-27(36)34-14-9-8-10-15-34;1-18-22(15-25(34)32-12-7-6-8-13-32)26(27(29(36)37)38-30(3,4)5)19(2)24-17-33(16-23(18)24)28(35)20-10-9-11-21(31)14-20;1-7-30-24(29)23(31-25(4,5)6)22-17(3)20-15-26-14-19(20)16(2)18(22)13-21(28)27-11-9-8-10-12-27;;;/h11-13,16,29H,7-10,14-15,17-19H2,1-6H3;9-11,14,27H,6-8,12-13,15-17H2,1-5H3,(H,36,37);23,26H,7-15H2,1-6H3;1H4;;1H2/q;;;;+1;/p-1/t29-;27-;23-;;;/m000.../s1. The van der Waals surface area contributed by atoms with Crippen LogP contribution >= 0.6 is 0 Å². The van der Waals surface area contributed by atoms with Gasteiger partial charge in [0.1, 0.15) is 11.6 Å². The monoisotopic (exact) mass is 1550 g/mol. The minimum absolute atomic E-state index is 0. The second kappa shape index (κ2) is 39.9. The maximum atomic E-state index is 13.9. The van der Waals surface area contributed by atoms with Crippen LogP contribution in [0.1, 0.15) is 281 Å². The second-order valence-electron chi connectivity index (χ2n) is 32.8. The summed E-state index contributed by atoms with van der Waals surface area (Å²) in [5, 5.41) is 13.7. The molecular formula is C88H121F2LiN6O15. The number of amides is 5. The summed E-state index contributed by atoms with van der Waals surface area (Å²) in [4.78, 5) is 115. The number of aliphatic carboxylic acids is 1. The molecule has 5 aromatic rings. The van der Waals surface area contributed by atoms with Crippen molar-refractivity contribution in [2.75, 3.05) is 52.5 Å². The Morgan fingerprint density at radius 2 is 0.705 bits per heavy atom. The van der Waals surface area contributed by atoms with Crippen molar-refractivity contribution < 1.29 is 100 Å². The van der Waals surface area contributed by atoms with Crippen molar-refractivity contribution >= 4 is 47.4 Å². The molecule has 6 aliphatic heterocycles. The predicted octanol–water partition coefficient (Wildman–Crippen LogP) is 12.0. The molecule has 0 radical (unpaired) electrons. The van der Waals surface area contributed by atoms with Crippen molar-refractivity contribution in [2.24, 2.45) is 0 Å². The van der Waals surface area contributed by atoms with Gasteiger partial charge in [0.25, 0.3) is 11.8 Å². The average Bonchev–Trinajstić information content (AvgIpc) is 1.51. The van der Waals surface area contributed by atoms with Gasteiger partial charge in [-0.25, -0.2) is 23.2 Å². The van der Waals surface area contributed by atoms with Crippen LogP contribution in [-0.4, -0.2) is 152 Å². The quantitative estimate of drug-likeness (QED) is 0.0575. The van der Waals surface area contributed by atoms with Crippen LogP contribution in [-0.2, 0) is 111 Å². The molecule has 0 saturated carbocycles. The third kappa shape index (κ3) is 22.6. The molecule has 6 aliphatic rings. The molecule has 6 heterocycles. The van der Waals surface area contributed by atoms with Crippen LogP contribution in [0.25, 0.3) is 0 Å². The first-order valence-corrected chi connectivity index (χ1v) is 39.1. The second-order valence-corrected chi connectivity index (χ2v) is 32.8. The largest absolute Gasteiger partial charge is 1.00 e. The zero-order valence-electron chi connectivity index (χ0n) is 68.9. The van der Waals surface area contributed by atoms with Crippen LogP contribution in [0.2, 0.25) is 0 Å². The molecule has 21 nitrogen and oxygen atoms in total. The Kier molecular flexibility index (Phi) is 33.1. The molecule has 0 aromatic heterocycles. The number of benzene rings is 5. The van der Waals surface area contributed by atoms with Gasteiger partial charge in [-0.3, -0.25) is 24.0 Å². The van der Waals surface area contributed by atoms with E-state index in [9.17, 15) is 52.2 Å². The van der Waals surface area contributed by atoms with Crippen LogP contribution < -0.4 is 24.2 Å². The van der Waals surface area contributed by atoms with E-state index in [1.165, 1.54) is 53.9 Å². The fourth-order valence-corrected chi connectivity index (χ4v) is 16.2.